The third kappa shape index (κ3) is 4.39. The van der Waals surface area contributed by atoms with Crippen molar-refractivity contribution >= 4 is 11.5 Å². The first kappa shape index (κ1) is 20.6. The number of pyridine rings is 1. The molecular formula is C22H31N7O. The minimum atomic E-state index is 0.245. The van der Waals surface area contributed by atoms with E-state index in [0.717, 1.165) is 61.7 Å². The number of fused-ring (bicyclic) bond motifs is 1. The molecule has 160 valence electrons. The van der Waals surface area contributed by atoms with Crippen molar-refractivity contribution in [3.05, 3.63) is 36.8 Å². The van der Waals surface area contributed by atoms with E-state index < -0.39 is 0 Å². The lowest BCUT2D eigenvalue weighted by Gasteiger charge is -2.36. The van der Waals surface area contributed by atoms with Crippen LogP contribution in [0.1, 0.15) is 20.3 Å². The third-order valence-corrected chi connectivity index (χ3v) is 5.57. The lowest BCUT2D eigenvalue weighted by Crippen LogP contribution is -2.50. The van der Waals surface area contributed by atoms with Crippen LogP contribution in [-0.4, -0.2) is 70.4 Å². The van der Waals surface area contributed by atoms with Gasteiger partial charge in [0.05, 0.1) is 18.9 Å². The van der Waals surface area contributed by atoms with Crippen molar-refractivity contribution in [3.8, 4) is 17.0 Å². The number of methoxy groups -OCH3 is 1. The number of nitrogens with two attached hydrogens (primary N) is 1. The maximum atomic E-state index is 6.30. The summed E-state index contributed by atoms with van der Waals surface area (Å²) in [6.45, 7) is 9.31. The van der Waals surface area contributed by atoms with Gasteiger partial charge in [0, 0.05) is 56.7 Å². The van der Waals surface area contributed by atoms with Gasteiger partial charge in [-0.3, -0.25) is 4.90 Å². The lowest BCUT2D eigenvalue weighted by molar-refractivity contribution is 0.233. The van der Waals surface area contributed by atoms with E-state index in [1.807, 2.05) is 30.6 Å². The van der Waals surface area contributed by atoms with Gasteiger partial charge < -0.3 is 15.4 Å². The monoisotopic (exact) mass is 409 g/mol. The van der Waals surface area contributed by atoms with Gasteiger partial charge in [-0.05, 0) is 30.5 Å². The van der Waals surface area contributed by atoms with Gasteiger partial charge in [0.15, 0.2) is 5.65 Å². The highest BCUT2D eigenvalue weighted by Crippen LogP contribution is 2.31. The zero-order chi connectivity index (χ0) is 21.1. The molecular weight excluding hydrogens is 378 g/mol. The smallest absolute Gasteiger partial charge is 0.221 e. The van der Waals surface area contributed by atoms with E-state index in [1.165, 1.54) is 0 Å². The summed E-state index contributed by atoms with van der Waals surface area (Å²) in [7, 11) is 1.63. The van der Waals surface area contributed by atoms with Crippen LogP contribution in [0.5, 0.6) is 5.88 Å². The minimum absolute atomic E-state index is 0.245. The molecule has 4 rings (SSSR count). The predicted octanol–water partition coefficient (Wildman–Crippen LogP) is 2.30. The highest BCUT2D eigenvalue weighted by atomic mass is 16.5. The number of nitrogens with zero attached hydrogens (tertiary/aromatic N) is 6. The van der Waals surface area contributed by atoms with Crippen LogP contribution in [0, 0.1) is 5.92 Å². The van der Waals surface area contributed by atoms with Crippen molar-refractivity contribution < 1.29 is 4.74 Å². The molecule has 0 aromatic carbocycles. The molecule has 1 saturated heterocycles. The molecule has 0 radical (unpaired) electrons. The van der Waals surface area contributed by atoms with Gasteiger partial charge >= 0.3 is 0 Å². The van der Waals surface area contributed by atoms with Crippen molar-refractivity contribution in [2.24, 2.45) is 11.7 Å². The zero-order valence-electron chi connectivity index (χ0n) is 18.0. The van der Waals surface area contributed by atoms with E-state index in [4.69, 9.17) is 15.5 Å². The summed E-state index contributed by atoms with van der Waals surface area (Å²) in [5, 5.41) is 4.46. The number of hydrogen-bond acceptors (Lipinski definition) is 7. The summed E-state index contributed by atoms with van der Waals surface area (Å²) >= 11 is 0. The predicted molar refractivity (Wildman–Crippen MR) is 119 cm³/mol. The first-order valence-corrected chi connectivity index (χ1v) is 10.6. The van der Waals surface area contributed by atoms with Crippen LogP contribution in [0.2, 0.25) is 0 Å². The first-order valence-electron chi connectivity index (χ1n) is 10.6. The fraction of sp³-hybridized carbons (Fsp3) is 0.500. The summed E-state index contributed by atoms with van der Waals surface area (Å²) < 4.78 is 7.23. The Kier molecular flexibility index (Phi) is 6.15. The Hall–Kier alpha value is -2.71. The van der Waals surface area contributed by atoms with Gasteiger partial charge in [0.1, 0.15) is 5.82 Å². The maximum Gasteiger partial charge on any atom is 0.221 e. The van der Waals surface area contributed by atoms with Gasteiger partial charge in [0.2, 0.25) is 5.88 Å². The van der Waals surface area contributed by atoms with Gasteiger partial charge in [0.25, 0.3) is 0 Å². The molecule has 0 unspecified atom stereocenters. The molecule has 1 atom stereocenters. The van der Waals surface area contributed by atoms with Crippen molar-refractivity contribution in [2.75, 3.05) is 44.7 Å². The van der Waals surface area contributed by atoms with E-state index >= 15 is 0 Å². The van der Waals surface area contributed by atoms with Crippen molar-refractivity contribution in [1.82, 2.24) is 24.5 Å². The van der Waals surface area contributed by atoms with E-state index in [2.05, 4.69) is 33.7 Å². The number of piperazine rings is 1. The summed E-state index contributed by atoms with van der Waals surface area (Å²) in [6.07, 6.45) is 6.58. The number of rotatable bonds is 7. The minimum Gasteiger partial charge on any atom is -0.481 e. The van der Waals surface area contributed by atoms with Crippen LogP contribution in [0.15, 0.2) is 36.8 Å². The molecule has 1 fully saturated rings. The normalized spacial score (nSPS) is 16.4. The Balaban J connectivity index is 1.50. The van der Waals surface area contributed by atoms with E-state index in [9.17, 15) is 0 Å². The molecule has 30 heavy (non-hydrogen) atoms. The standard InChI is InChI=1S/C22H31N7O/c1-16(2)13-17(23)15-27-9-11-28(12-10-27)20-6-8-29-21(26-20)19(14-25-29)18-5-4-7-24-22(18)30-3/h4-8,14,16-17H,9-13,15,23H2,1-3H3/t17-/m0/s1. The second-order valence-electron chi connectivity index (χ2n) is 8.35. The van der Waals surface area contributed by atoms with Gasteiger partial charge in [-0.25, -0.2) is 14.5 Å². The highest BCUT2D eigenvalue weighted by molar-refractivity contribution is 5.80. The molecule has 3 aromatic rings. The maximum absolute atomic E-state index is 6.30. The van der Waals surface area contributed by atoms with Crippen molar-refractivity contribution in [2.45, 2.75) is 26.3 Å². The highest BCUT2D eigenvalue weighted by Gasteiger charge is 2.21. The second-order valence-corrected chi connectivity index (χ2v) is 8.35. The average Bonchev–Trinajstić information content (AvgIpc) is 3.16. The quantitative estimate of drug-likeness (QED) is 0.641. The van der Waals surface area contributed by atoms with E-state index in [-0.39, 0.29) is 6.04 Å². The van der Waals surface area contributed by atoms with Crippen molar-refractivity contribution in [1.29, 1.82) is 0 Å². The van der Waals surface area contributed by atoms with Gasteiger partial charge in [-0.15, -0.1) is 0 Å². The molecule has 1 aliphatic heterocycles. The zero-order valence-corrected chi connectivity index (χ0v) is 18.0. The van der Waals surface area contributed by atoms with Crippen LogP contribution >= 0.6 is 0 Å². The van der Waals surface area contributed by atoms with Crippen LogP contribution in [0.3, 0.4) is 0 Å². The number of hydrogen-bond donors (Lipinski definition) is 1. The molecule has 0 saturated carbocycles. The van der Waals surface area contributed by atoms with Crippen molar-refractivity contribution in [3.63, 3.8) is 0 Å². The number of ether oxygens (including phenoxy) is 1. The fourth-order valence-electron chi connectivity index (χ4n) is 4.16. The van der Waals surface area contributed by atoms with E-state index in [1.54, 1.807) is 17.8 Å². The van der Waals surface area contributed by atoms with Gasteiger partial charge in [-0.1, -0.05) is 13.8 Å². The first-order chi connectivity index (χ1) is 14.5. The molecule has 3 aromatic heterocycles. The third-order valence-electron chi connectivity index (χ3n) is 5.57. The number of aromatic nitrogens is 4. The average molecular weight is 410 g/mol. The number of anilines is 1. The largest absolute Gasteiger partial charge is 0.481 e. The molecule has 8 heteroatoms. The lowest BCUT2D eigenvalue weighted by atomic mass is 10.0. The SMILES string of the molecule is COc1ncccc1-c1cnn2ccc(N3CCN(C[C@@H](N)CC(C)C)CC3)nc12. The van der Waals surface area contributed by atoms with Crippen LogP contribution in [-0.2, 0) is 0 Å². The van der Waals surface area contributed by atoms with E-state index in [0.29, 0.717) is 11.8 Å². The van der Waals surface area contributed by atoms with Crippen LogP contribution in [0.25, 0.3) is 16.8 Å². The molecule has 1 aliphatic rings. The summed E-state index contributed by atoms with van der Waals surface area (Å²) in [4.78, 5) is 14.0. The Morgan fingerprint density at radius 2 is 1.93 bits per heavy atom. The Labute approximate surface area is 177 Å². The molecule has 0 bridgehead atoms. The molecule has 0 amide bonds. The van der Waals surface area contributed by atoms with Crippen LogP contribution < -0.4 is 15.4 Å². The summed E-state index contributed by atoms with van der Waals surface area (Å²) in [6, 6.07) is 6.16. The molecule has 4 heterocycles. The topological polar surface area (TPSA) is 84.8 Å². The second kappa shape index (κ2) is 8.97. The Morgan fingerprint density at radius 1 is 1.13 bits per heavy atom. The van der Waals surface area contributed by atoms with Crippen LogP contribution in [0.4, 0.5) is 5.82 Å². The fourth-order valence-corrected chi connectivity index (χ4v) is 4.16. The molecule has 2 N–H and O–H groups in total. The summed E-state index contributed by atoms with van der Waals surface area (Å²) in [5.41, 5.74) is 8.92. The van der Waals surface area contributed by atoms with Gasteiger partial charge in [-0.2, -0.15) is 5.10 Å². The summed E-state index contributed by atoms with van der Waals surface area (Å²) in [5.74, 6) is 2.18. The molecule has 0 aliphatic carbocycles. The molecule has 8 nitrogen and oxygen atoms in total. The Morgan fingerprint density at radius 3 is 2.67 bits per heavy atom. The Bertz CT molecular complexity index is 979. The molecule has 0 spiro atoms.